The topological polar surface area (TPSA) is 86.1 Å². The molecule has 3 aromatic rings. The third kappa shape index (κ3) is 3.40. The van der Waals surface area contributed by atoms with E-state index < -0.39 is 0 Å². The number of nitrogens with zero attached hydrogens (tertiary/aromatic N) is 3. The van der Waals surface area contributed by atoms with Crippen LogP contribution >= 0.6 is 0 Å². The summed E-state index contributed by atoms with van der Waals surface area (Å²) >= 11 is 0. The Kier molecular flexibility index (Phi) is 4.35. The van der Waals surface area contributed by atoms with Crippen LogP contribution in [0.5, 0.6) is 0 Å². The second-order valence-electron chi connectivity index (χ2n) is 6.85. The number of anilines is 1. The van der Waals surface area contributed by atoms with Crippen LogP contribution in [0.25, 0.3) is 10.9 Å². The minimum Gasteiger partial charge on any atom is -0.469 e. The standard InChI is InChI=1S/C20H20N4O3/c1-12-4-3-5-18(21-12)19(25)22-15-6-7-17-14(8-15)11-24(23-17)16-9-13(10-16)20(26)27-2/h3-8,11,13,16H,9-10H2,1-2H3,(H,22,25). The molecule has 4 rings (SSSR count). The van der Waals surface area contributed by atoms with E-state index in [1.54, 1.807) is 6.07 Å². The molecule has 0 atom stereocenters. The van der Waals surface area contributed by atoms with Crippen molar-refractivity contribution in [1.29, 1.82) is 0 Å². The largest absolute Gasteiger partial charge is 0.469 e. The van der Waals surface area contributed by atoms with E-state index in [0.29, 0.717) is 11.4 Å². The van der Waals surface area contributed by atoms with Crippen LogP contribution in [-0.2, 0) is 9.53 Å². The fourth-order valence-electron chi connectivity index (χ4n) is 3.34. The van der Waals surface area contributed by atoms with E-state index in [1.165, 1.54) is 7.11 Å². The fourth-order valence-corrected chi connectivity index (χ4v) is 3.34. The number of nitrogens with one attached hydrogen (secondary N) is 1. The third-order valence-corrected chi connectivity index (χ3v) is 4.92. The van der Waals surface area contributed by atoms with Crippen LogP contribution in [0.3, 0.4) is 0 Å². The lowest BCUT2D eigenvalue weighted by Gasteiger charge is -2.33. The molecular formula is C20H20N4O3. The predicted molar refractivity (Wildman–Crippen MR) is 100 cm³/mol. The molecule has 0 spiro atoms. The molecule has 2 heterocycles. The summed E-state index contributed by atoms with van der Waals surface area (Å²) in [5, 5.41) is 8.39. The molecule has 1 amide bonds. The monoisotopic (exact) mass is 364 g/mol. The zero-order valence-corrected chi connectivity index (χ0v) is 15.2. The SMILES string of the molecule is COC(=O)C1CC(n2cc3cc(NC(=O)c4cccc(C)n4)ccc3n2)C1. The Bertz CT molecular complexity index is 1020. The number of methoxy groups -OCH3 is 1. The van der Waals surface area contributed by atoms with Gasteiger partial charge < -0.3 is 10.1 Å². The van der Waals surface area contributed by atoms with Gasteiger partial charge in [-0.15, -0.1) is 0 Å². The van der Waals surface area contributed by atoms with Gasteiger partial charge in [0.25, 0.3) is 5.91 Å². The first-order valence-electron chi connectivity index (χ1n) is 8.85. The Morgan fingerprint density at radius 2 is 2.04 bits per heavy atom. The minimum absolute atomic E-state index is 0.0380. The highest BCUT2D eigenvalue weighted by Crippen LogP contribution is 2.38. The predicted octanol–water partition coefficient (Wildman–Crippen LogP) is 3.12. The molecular weight excluding hydrogens is 344 g/mol. The normalized spacial score (nSPS) is 18.7. The molecule has 7 heteroatoms. The zero-order valence-electron chi connectivity index (χ0n) is 15.2. The second kappa shape index (κ2) is 6.83. The lowest BCUT2D eigenvalue weighted by atomic mass is 9.80. The van der Waals surface area contributed by atoms with Gasteiger partial charge in [-0.2, -0.15) is 5.10 Å². The molecule has 0 aliphatic heterocycles. The van der Waals surface area contributed by atoms with Crippen molar-refractivity contribution in [3.8, 4) is 0 Å². The number of carbonyl (C=O) groups is 2. The van der Waals surface area contributed by atoms with Crippen molar-refractivity contribution in [1.82, 2.24) is 14.8 Å². The lowest BCUT2D eigenvalue weighted by Crippen LogP contribution is -2.33. The first-order valence-corrected chi connectivity index (χ1v) is 8.85. The van der Waals surface area contributed by atoms with Gasteiger partial charge in [-0.05, 0) is 50.1 Å². The summed E-state index contributed by atoms with van der Waals surface area (Å²) in [6, 6.07) is 11.1. The van der Waals surface area contributed by atoms with Crippen molar-refractivity contribution >= 4 is 28.5 Å². The van der Waals surface area contributed by atoms with Crippen molar-refractivity contribution in [2.24, 2.45) is 5.92 Å². The van der Waals surface area contributed by atoms with Crippen LogP contribution in [0.1, 0.15) is 35.1 Å². The number of carbonyl (C=O) groups excluding carboxylic acids is 2. The van der Waals surface area contributed by atoms with Crippen LogP contribution in [0.2, 0.25) is 0 Å². The Hall–Kier alpha value is -3.22. The molecule has 138 valence electrons. The summed E-state index contributed by atoms with van der Waals surface area (Å²) in [5.74, 6) is -0.438. The summed E-state index contributed by atoms with van der Waals surface area (Å²) < 4.78 is 6.68. The maximum Gasteiger partial charge on any atom is 0.308 e. The van der Waals surface area contributed by atoms with Crippen molar-refractivity contribution in [3.05, 3.63) is 54.0 Å². The average Bonchev–Trinajstić information content (AvgIpc) is 3.02. The van der Waals surface area contributed by atoms with Gasteiger partial charge in [0.15, 0.2) is 0 Å². The van der Waals surface area contributed by atoms with Crippen LogP contribution in [0, 0.1) is 12.8 Å². The number of benzene rings is 1. The van der Waals surface area contributed by atoms with Crippen molar-refractivity contribution in [3.63, 3.8) is 0 Å². The van der Waals surface area contributed by atoms with Crippen molar-refractivity contribution in [2.45, 2.75) is 25.8 Å². The van der Waals surface area contributed by atoms with Gasteiger partial charge in [0.2, 0.25) is 0 Å². The molecule has 1 aliphatic rings. The number of hydrogen-bond acceptors (Lipinski definition) is 5. The van der Waals surface area contributed by atoms with E-state index in [1.807, 2.05) is 48.1 Å². The zero-order chi connectivity index (χ0) is 19.0. The molecule has 1 aliphatic carbocycles. The van der Waals surface area contributed by atoms with E-state index in [9.17, 15) is 9.59 Å². The van der Waals surface area contributed by atoms with E-state index in [0.717, 1.165) is 29.4 Å². The number of hydrogen-bond donors (Lipinski definition) is 1. The maximum atomic E-state index is 12.4. The van der Waals surface area contributed by atoms with E-state index >= 15 is 0 Å². The molecule has 0 saturated heterocycles. The highest BCUT2D eigenvalue weighted by atomic mass is 16.5. The number of esters is 1. The number of rotatable bonds is 4. The quantitative estimate of drug-likeness (QED) is 0.719. The van der Waals surface area contributed by atoms with Crippen LogP contribution < -0.4 is 5.32 Å². The summed E-state index contributed by atoms with van der Waals surface area (Å²) in [6.07, 6.45) is 3.43. The van der Waals surface area contributed by atoms with Gasteiger partial charge in [0.05, 0.1) is 24.6 Å². The maximum absolute atomic E-state index is 12.4. The summed E-state index contributed by atoms with van der Waals surface area (Å²) in [7, 11) is 1.42. The smallest absolute Gasteiger partial charge is 0.308 e. The van der Waals surface area contributed by atoms with Gasteiger partial charge >= 0.3 is 5.97 Å². The molecule has 1 aromatic carbocycles. The van der Waals surface area contributed by atoms with Crippen molar-refractivity contribution < 1.29 is 14.3 Å². The molecule has 7 nitrogen and oxygen atoms in total. The number of fused-ring (bicyclic) bond motifs is 1. The van der Waals surface area contributed by atoms with Crippen LogP contribution in [0.15, 0.2) is 42.6 Å². The Labute approximate surface area is 156 Å². The van der Waals surface area contributed by atoms with Gasteiger partial charge in [-0.3, -0.25) is 14.3 Å². The molecule has 0 unspecified atom stereocenters. The Morgan fingerprint density at radius 3 is 2.78 bits per heavy atom. The summed E-state index contributed by atoms with van der Waals surface area (Å²) in [4.78, 5) is 28.1. The van der Waals surface area contributed by atoms with Crippen LogP contribution in [-0.4, -0.2) is 33.8 Å². The number of aryl methyl sites for hydroxylation is 1. The molecule has 27 heavy (non-hydrogen) atoms. The highest BCUT2D eigenvalue weighted by molar-refractivity contribution is 6.03. The van der Waals surface area contributed by atoms with E-state index in [2.05, 4.69) is 15.4 Å². The van der Waals surface area contributed by atoms with Gasteiger partial charge in [0.1, 0.15) is 5.69 Å². The summed E-state index contributed by atoms with van der Waals surface area (Å²) in [5.41, 5.74) is 2.72. The Balaban J connectivity index is 1.48. The number of amides is 1. The first kappa shape index (κ1) is 17.2. The van der Waals surface area contributed by atoms with Crippen LogP contribution in [0.4, 0.5) is 5.69 Å². The van der Waals surface area contributed by atoms with Crippen molar-refractivity contribution in [2.75, 3.05) is 12.4 Å². The van der Waals surface area contributed by atoms with Gasteiger partial charge in [-0.1, -0.05) is 6.07 Å². The Morgan fingerprint density at radius 1 is 1.22 bits per heavy atom. The third-order valence-electron chi connectivity index (χ3n) is 4.92. The van der Waals surface area contributed by atoms with E-state index in [4.69, 9.17) is 4.74 Å². The lowest BCUT2D eigenvalue weighted by molar-refractivity contribution is -0.149. The minimum atomic E-state index is -0.245. The molecule has 2 aromatic heterocycles. The van der Waals surface area contributed by atoms with Gasteiger partial charge in [-0.25, -0.2) is 4.98 Å². The first-order chi connectivity index (χ1) is 13.0. The highest BCUT2D eigenvalue weighted by Gasteiger charge is 2.36. The van der Waals surface area contributed by atoms with E-state index in [-0.39, 0.29) is 23.8 Å². The molecule has 1 N–H and O–H groups in total. The summed E-state index contributed by atoms with van der Waals surface area (Å²) in [6.45, 7) is 1.85. The van der Waals surface area contributed by atoms with Gasteiger partial charge in [0, 0.05) is 23.0 Å². The number of ether oxygens (including phenoxy) is 1. The number of aromatic nitrogens is 3. The average molecular weight is 364 g/mol. The molecule has 0 bridgehead atoms. The fraction of sp³-hybridized carbons (Fsp3) is 0.300. The molecule has 1 saturated carbocycles. The second-order valence-corrected chi connectivity index (χ2v) is 6.85. The molecule has 1 fully saturated rings. The molecule has 0 radical (unpaired) electrons. The number of pyridine rings is 1.